The van der Waals surface area contributed by atoms with E-state index in [1.807, 2.05) is 6.92 Å². The summed E-state index contributed by atoms with van der Waals surface area (Å²) in [7, 11) is 0. The highest BCUT2D eigenvalue weighted by Crippen LogP contribution is 2.36. The third kappa shape index (κ3) is 8.59. The van der Waals surface area contributed by atoms with Gasteiger partial charge in [-0.15, -0.1) is 11.8 Å². The Bertz CT molecular complexity index is 576. The van der Waals surface area contributed by atoms with E-state index in [1.54, 1.807) is 11.8 Å². The van der Waals surface area contributed by atoms with Gasteiger partial charge in [-0.05, 0) is 46.9 Å². The molecule has 0 aliphatic carbocycles. The van der Waals surface area contributed by atoms with Crippen LogP contribution in [-0.4, -0.2) is 17.8 Å². The number of esters is 1. The Balaban J connectivity index is 3.11. The highest BCUT2D eigenvalue weighted by atomic mass is 32.2. The second-order valence-corrected chi connectivity index (χ2v) is 11.1. The maximum absolute atomic E-state index is 12.7. The van der Waals surface area contributed by atoms with Gasteiger partial charge >= 0.3 is 5.97 Å². The van der Waals surface area contributed by atoms with Crippen molar-refractivity contribution < 1.29 is 9.53 Å². The summed E-state index contributed by atoms with van der Waals surface area (Å²) in [4.78, 5) is 13.9. The van der Waals surface area contributed by atoms with Crippen LogP contribution in [0.25, 0.3) is 0 Å². The van der Waals surface area contributed by atoms with Crippen LogP contribution in [0.2, 0.25) is 0 Å². The van der Waals surface area contributed by atoms with E-state index in [4.69, 9.17) is 4.74 Å². The Morgan fingerprint density at radius 3 is 1.93 bits per heavy atom. The van der Waals surface area contributed by atoms with Gasteiger partial charge in [-0.1, -0.05) is 87.1 Å². The van der Waals surface area contributed by atoms with Crippen LogP contribution in [0.15, 0.2) is 23.1 Å². The predicted octanol–water partition coefficient (Wildman–Crippen LogP) is 7.67. The standard InChI is InChI=1S/C25H42O2S/c1-9-11-12-13-14-22(23(26)27-15-10-2)28-21-17-19(24(3,4)5)16-20(18-21)25(6,7)8/h16-18,22H,9-15H2,1-8H3. The number of carbonyl (C=O) groups is 1. The van der Waals surface area contributed by atoms with Crippen molar-refractivity contribution in [2.45, 2.75) is 115 Å². The molecule has 0 amide bonds. The fourth-order valence-electron chi connectivity index (χ4n) is 2.97. The van der Waals surface area contributed by atoms with Gasteiger partial charge < -0.3 is 4.74 Å². The zero-order valence-electron chi connectivity index (χ0n) is 19.5. The molecule has 160 valence electrons. The monoisotopic (exact) mass is 406 g/mol. The van der Waals surface area contributed by atoms with Crippen LogP contribution in [0.1, 0.15) is 105 Å². The van der Waals surface area contributed by atoms with Gasteiger partial charge in [-0.2, -0.15) is 0 Å². The quantitative estimate of drug-likeness (QED) is 0.226. The largest absolute Gasteiger partial charge is 0.465 e. The molecule has 0 spiro atoms. The zero-order valence-corrected chi connectivity index (χ0v) is 20.3. The number of thioether (sulfide) groups is 1. The average Bonchev–Trinajstić information content (AvgIpc) is 2.60. The fraction of sp³-hybridized carbons (Fsp3) is 0.720. The highest BCUT2D eigenvalue weighted by Gasteiger charge is 2.25. The summed E-state index contributed by atoms with van der Waals surface area (Å²) < 4.78 is 5.52. The number of hydrogen-bond acceptors (Lipinski definition) is 3. The van der Waals surface area contributed by atoms with Crippen molar-refractivity contribution in [3.8, 4) is 0 Å². The molecule has 28 heavy (non-hydrogen) atoms. The lowest BCUT2D eigenvalue weighted by Crippen LogP contribution is -2.21. The van der Waals surface area contributed by atoms with E-state index in [9.17, 15) is 4.79 Å². The molecule has 1 rings (SSSR count). The van der Waals surface area contributed by atoms with Crippen molar-refractivity contribution in [3.63, 3.8) is 0 Å². The third-order valence-electron chi connectivity index (χ3n) is 4.95. The predicted molar refractivity (Wildman–Crippen MR) is 123 cm³/mol. The average molecular weight is 407 g/mol. The summed E-state index contributed by atoms with van der Waals surface area (Å²) in [6, 6.07) is 6.87. The summed E-state index contributed by atoms with van der Waals surface area (Å²) in [6.07, 6.45) is 6.46. The molecule has 1 aromatic carbocycles. The molecule has 0 aliphatic rings. The van der Waals surface area contributed by atoms with Crippen molar-refractivity contribution >= 4 is 17.7 Å². The minimum absolute atomic E-state index is 0.0539. The van der Waals surface area contributed by atoms with Crippen molar-refractivity contribution in [2.24, 2.45) is 0 Å². The van der Waals surface area contributed by atoms with E-state index in [-0.39, 0.29) is 22.0 Å². The van der Waals surface area contributed by atoms with Gasteiger partial charge in [0.05, 0.1) is 6.61 Å². The van der Waals surface area contributed by atoms with Crippen molar-refractivity contribution in [1.82, 2.24) is 0 Å². The molecular formula is C25H42O2S. The van der Waals surface area contributed by atoms with Crippen LogP contribution in [-0.2, 0) is 20.4 Å². The first-order valence-electron chi connectivity index (χ1n) is 11.0. The van der Waals surface area contributed by atoms with E-state index < -0.39 is 0 Å². The molecule has 0 heterocycles. The minimum Gasteiger partial charge on any atom is -0.465 e. The van der Waals surface area contributed by atoms with Gasteiger partial charge in [-0.3, -0.25) is 4.79 Å². The fourth-order valence-corrected chi connectivity index (χ4v) is 4.14. The SMILES string of the molecule is CCCCCCC(Sc1cc(C(C)(C)C)cc(C(C)(C)C)c1)C(=O)OCCC. The topological polar surface area (TPSA) is 26.3 Å². The Morgan fingerprint density at radius 1 is 0.893 bits per heavy atom. The summed E-state index contributed by atoms with van der Waals surface area (Å²) in [6.45, 7) is 18.3. The van der Waals surface area contributed by atoms with Gasteiger partial charge in [0.15, 0.2) is 0 Å². The van der Waals surface area contributed by atoms with Crippen molar-refractivity contribution in [1.29, 1.82) is 0 Å². The minimum atomic E-state index is -0.119. The molecule has 0 aliphatic heterocycles. The Labute approximate surface area is 178 Å². The summed E-state index contributed by atoms with van der Waals surface area (Å²) in [5.74, 6) is -0.0539. The molecular weight excluding hydrogens is 364 g/mol. The number of rotatable bonds is 10. The van der Waals surface area contributed by atoms with E-state index in [1.165, 1.54) is 35.3 Å². The molecule has 1 atom stereocenters. The molecule has 3 heteroatoms. The molecule has 0 saturated carbocycles. The number of unbranched alkanes of at least 4 members (excludes halogenated alkanes) is 3. The second kappa shape index (κ2) is 11.3. The maximum Gasteiger partial charge on any atom is 0.319 e. The maximum atomic E-state index is 12.7. The lowest BCUT2D eigenvalue weighted by molar-refractivity contribution is -0.143. The highest BCUT2D eigenvalue weighted by molar-refractivity contribution is 8.00. The van der Waals surface area contributed by atoms with Crippen molar-refractivity contribution in [3.05, 3.63) is 29.3 Å². The zero-order chi connectivity index (χ0) is 21.4. The van der Waals surface area contributed by atoms with Gasteiger partial charge in [0.1, 0.15) is 5.25 Å². The lowest BCUT2D eigenvalue weighted by atomic mass is 9.81. The molecule has 0 fully saturated rings. The first-order chi connectivity index (χ1) is 13.0. The molecule has 0 saturated heterocycles. The van der Waals surface area contributed by atoms with Crippen LogP contribution in [0.5, 0.6) is 0 Å². The molecule has 0 bridgehead atoms. The van der Waals surface area contributed by atoms with Crippen LogP contribution in [0.4, 0.5) is 0 Å². The summed E-state index contributed by atoms with van der Waals surface area (Å²) in [5.41, 5.74) is 2.81. The Kier molecular flexibility index (Phi) is 10.1. The molecule has 0 radical (unpaired) electrons. The Morgan fingerprint density at radius 2 is 1.46 bits per heavy atom. The number of benzene rings is 1. The van der Waals surface area contributed by atoms with E-state index in [2.05, 4.69) is 66.7 Å². The Hall–Kier alpha value is -0.960. The summed E-state index contributed by atoms with van der Waals surface area (Å²) in [5, 5.41) is -0.119. The normalized spacial score (nSPS) is 13.4. The molecule has 2 nitrogen and oxygen atoms in total. The molecule has 0 aromatic heterocycles. The first-order valence-corrected chi connectivity index (χ1v) is 11.9. The van der Waals surface area contributed by atoms with Gasteiger partial charge in [0, 0.05) is 4.90 Å². The van der Waals surface area contributed by atoms with Gasteiger partial charge in [0.2, 0.25) is 0 Å². The lowest BCUT2D eigenvalue weighted by Gasteiger charge is -2.26. The number of carbonyl (C=O) groups excluding carboxylic acids is 1. The van der Waals surface area contributed by atoms with Crippen molar-refractivity contribution in [2.75, 3.05) is 6.61 Å². The van der Waals surface area contributed by atoms with E-state index >= 15 is 0 Å². The van der Waals surface area contributed by atoms with E-state index in [0.29, 0.717) is 6.61 Å². The number of ether oxygens (including phenoxy) is 1. The third-order valence-corrected chi connectivity index (χ3v) is 6.17. The van der Waals surface area contributed by atoms with E-state index in [0.717, 1.165) is 19.3 Å². The smallest absolute Gasteiger partial charge is 0.319 e. The van der Waals surface area contributed by atoms with Crippen LogP contribution >= 0.6 is 11.8 Å². The van der Waals surface area contributed by atoms with Crippen LogP contribution < -0.4 is 0 Å². The molecule has 1 unspecified atom stereocenters. The number of hydrogen-bond donors (Lipinski definition) is 0. The van der Waals surface area contributed by atoms with Crippen LogP contribution in [0, 0.1) is 0 Å². The molecule has 1 aromatic rings. The molecule has 0 N–H and O–H groups in total. The van der Waals surface area contributed by atoms with Crippen LogP contribution in [0.3, 0.4) is 0 Å². The van der Waals surface area contributed by atoms with Gasteiger partial charge in [0.25, 0.3) is 0 Å². The first kappa shape index (κ1) is 25.1. The van der Waals surface area contributed by atoms with Gasteiger partial charge in [-0.25, -0.2) is 0 Å². The second-order valence-electron chi connectivity index (χ2n) is 9.87. The summed E-state index contributed by atoms with van der Waals surface area (Å²) >= 11 is 1.69.